The summed E-state index contributed by atoms with van der Waals surface area (Å²) in [5, 5.41) is 8.98. The van der Waals surface area contributed by atoms with Crippen LogP contribution in [0.15, 0.2) is 18.2 Å². The Kier molecular flexibility index (Phi) is 6.34. The minimum absolute atomic E-state index is 0.135. The number of carbonyl (C=O) groups is 2. The van der Waals surface area contributed by atoms with Crippen LogP contribution in [0.3, 0.4) is 0 Å². The molecular weight excluding hydrogens is 344 g/mol. The van der Waals surface area contributed by atoms with Gasteiger partial charge in [0.05, 0.1) is 18.8 Å². The number of rotatable bonds is 5. The third kappa shape index (κ3) is 5.43. The average Bonchev–Trinajstić information content (AvgIpc) is 3.06. The van der Waals surface area contributed by atoms with Crippen LogP contribution in [0.5, 0.6) is 0 Å². The second kappa shape index (κ2) is 8.71. The highest BCUT2D eigenvalue weighted by Crippen LogP contribution is 2.31. The Labute approximate surface area is 160 Å². The highest BCUT2D eigenvalue weighted by atomic mass is 16.5. The zero-order valence-corrected chi connectivity index (χ0v) is 16.3. The van der Waals surface area contributed by atoms with Gasteiger partial charge in [0.25, 0.3) is 0 Å². The number of ether oxygens (including phenoxy) is 1. The molecule has 1 aromatic rings. The average molecular weight is 374 g/mol. The predicted octanol–water partition coefficient (Wildman–Crippen LogP) is 2.72. The molecule has 3 N–H and O–H groups in total. The molecule has 0 spiro atoms. The Hall–Kier alpha value is -2.12. The zero-order valence-electron chi connectivity index (χ0n) is 16.3. The van der Waals surface area contributed by atoms with E-state index in [0.29, 0.717) is 11.4 Å². The van der Waals surface area contributed by atoms with Crippen LogP contribution in [-0.2, 0) is 9.53 Å². The number of aryl methyl sites for hydroxylation is 1. The number of benzene rings is 1. The normalized spacial score (nSPS) is 19.5. The van der Waals surface area contributed by atoms with E-state index in [1.165, 1.54) is 6.92 Å². The lowest BCUT2D eigenvalue weighted by Gasteiger charge is -2.37. The lowest BCUT2D eigenvalue weighted by atomic mass is 9.96. The van der Waals surface area contributed by atoms with Gasteiger partial charge in [-0.2, -0.15) is 0 Å². The van der Waals surface area contributed by atoms with Crippen molar-refractivity contribution in [3.63, 3.8) is 0 Å². The van der Waals surface area contributed by atoms with Crippen molar-refractivity contribution in [2.24, 2.45) is 0 Å². The van der Waals surface area contributed by atoms with Crippen molar-refractivity contribution in [2.45, 2.75) is 45.1 Å². The van der Waals surface area contributed by atoms with Gasteiger partial charge in [-0.3, -0.25) is 9.69 Å². The first-order valence-corrected chi connectivity index (χ1v) is 9.73. The van der Waals surface area contributed by atoms with Gasteiger partial charge in [0.2, 0.25) is 5.91 Å². The number of carbonyl (C=O) groups excluding carboxylic acids is 2. The molecule has 7 heteroatoms. The fourth-order valence-electron chi connectivity index (χ4n) is 3.99. The van der Waals surface area contributed by atoms with Gasteiger partial charge in [0, 0.05) is 37.9 Å². The molecule has 27 heavy (non-hydrogen) atoms. The lowest BCUT2D eigenvalue weighted by molar-refractivity contribution is -0.114. The number of anilines is 2. The fourth-order valence-corrected chi connectivity index (χ4v) is 3.99. The highest BCUT2D eigenvalue weighted by molar-refractivity contribution is 5.93. The summed E-state index contributed by atoms with van der Waals surface area (Å²) in [6.45, 7) is 7.64. The molecule has 0 bridgehead atoms. The number of nitrogens with one attached hydrogen (secondary N) is 3. The summed E-state index contributed by atoms with van der Waals surface area (Å²) in [5.41, 5.74) is 2.16. The first kappa shape index (κ1) is 19.6. The monoisotopic (exact) mass is 374 g/mol. The Bertz CT molecular complexity index is 680. The van der Waals surface area contributed by atoms with E-state index in [1.54, 1.807) is 6.07 Å². The molecule has 3 rings (SSSR count). The van der Waals surface area contributed by atoms with Crippen molar-refractivity contribution < 1.29 is 14.3 Å². The van der Waals surface area contributed by atoms with Crippen LogP contribution >= 0.6 is 0 Å². The molecule has 0 aromatic heterocycles. The standard InChI is InChI=1S/C20H30N4O3/c1-15-5-6-17(21-16(2)25)13-18(15)22-19(26)23-20(7-3-4-8-20)14-24-9-11-27-12-10-24/h5-6,13H,3-4,7-12,14H2,1-2H3,(H,21,25)(H2,22,23,26). The SMILES string of the molecule is CC(=O)Nc1ccc(C)c(NC(=O)NC2(CN3CCOCC3)CCCC2)c1. The molecule has 1 aromatic carbocycles. The highest BCUT2D eigenvalue weighted by Gasteiger charge is 2.37. The molecule has 0 atom stereocenters. The van der Waals surface area contributed by atoms with Gasteiger partial charge in [-0.15, -0.1) is 0 Å². The maximum Gasteiger partial charge on any atom is 0.319 e. The van der Waals surface area contributed by atoms with Crippen LogP contribution in [-0.4, -0.2) is 55.2 Å². The smallest absolute Gasteiger partial charge is 0.319 e. The van der Waals surface area contributed by atoms with Gasteiger partial charge in [-0.25, -0.2) is 4.79 Å². The summed E-state index contributed by atoms with van der Waals surface area (Å²) in [6.07, 6.45) is 4.29. The number of morpholine rings is 1. The first-order chi connectivity index (χ1) is 13.0. The molecule has 0 radical (unpaired) electrons. The second-order valence-corrected chi connectivity index (χ2v) is 7.67. The summed E-state index contributed by atoms with van der Waals surface area (Å²) in [5.74, 6) is -0.135. The Balaban J connectivity index is 1.65. The molecule has 1 saturated heterocycles. The van der Waals surface area contributed by atoms with E-state index < -0.39 is 0 Å². The largest absolute Gasteiger partial charge is 0.379 e. The Morgan fingerprint density at radius 2 is 1.85 bits per heavy atom. The van der Waals surface area contributed by atoms with Crippen molar-refractivity contribution >= 4 is 23.3 Å². The summed E-state index contributed by atoms with van der Waals surface area (Å²) in [4.78, 5) is 26.4. The van der Waals surface area contributed by atoms with E-state index in [1.807, 2.05) is 19.1 Å². The minimum atomic E-state index is -0.187. The summed E-state index contributed by atoms with van der Waals surface area (Å²) < 4.78 is 5.44. The van der Waals surface area contributed by atoms with Gasteiger partial charge in [-0.05, 0) is 37.5 Å². The number of hydrogen-bond acceptors (Lipinski definition) is 4. The van der Waals surface area contributed by atoms with Crippen molar-refractivity contribution in [3.05, 3.63) is 23.8 Å². The molecule has 1 saturated carbocycles. The second-order valence-electron chi connectivity index (χ2n) is 7.67. The Morgan fingerprint density at radius 1 is 1.15 bits per heavy atom. The molecule has 7 nitrogen and oxygen atoms in total. The summed E-state index contributed by atoms with van der Waals surface area (Å²) >= 11 is 0. The number of urea groups is 1. The molecule has 2 aliphatic rings. The van der Waals surface area contributed by atoms with Crippen LogP contribution in [0.1, 0.15) is 38.2 Å². The first-order valence-electron chi connectivity index (χ1n) is 9.73. The van der Waals surface area contributed by atoms with Gasteiger partial charge in [-0.1, -0.05) is 18.9 Å². The molecular formula is C20H30N4O3. The van der Waals surface area contributed by atoms with Crippen molar-refractivity contribution in [1.29, 1.82) is 0 Å². The number of amides is 3. The Morgan fingerprint density at radius 3 is 2.52 bits per heavy atom. The van der Waals surface area contributed by atoms with E-state index in [9.17, 15) is 9.59 Å². The van der Waals surface area contributed by atoms with E-state index >= 15 is 0 Å². The number of hydrogen-bond donors (Lipinski definition) is 3. The van der Waals surface area contributed by atoms with E-state index in [2.05, 4.69) is 20.9 Å². The van der Waals surface area contributed by atoms with Crippen molar-refractivity contribution in [2.75, 3.05) is 43.5 Å². The third-order valence-corrected chi connectivity index (χ3v) is 5.38. The molecule has 1 aliphatic carbocycles. The van der Waals surface area contributed by atoms with E-state index in [4.69, 9.17) is 4.74 Å². The van der Waals surface area contributed by atoms with Gasteiger partial charge >= 0.3 is 6.03 Å². The minimum Gasteiger partial charge on any atom is -0.379 e. The molecule has 0 unspecified atom stereocenters. The fraction of sp³-hybridized carbons (Fsp3) is 0.600. The molecule has 148 valence electrons. The van der Waals surface area contributed by atoms with Crippen molar-refractivity contribution in [3.8, 4) is 0 Å². The third-order valence-electron chi connectivity index (χ3n) is 5.38. The molecule has 2 fully saturated rings. The number of nitrogens with zero attached hydrogens (tertiary/aromatic N) is 1. The van der Waals surface area contributed by atoms with Crippen LogP contribution in [0.4, 0.5) is 16.2 Å². The van der Waals surface area contributed by atoms with E-state index in [-0.39, 0.29) is 17.5 Å². The van der Waals surface area contributed by atoms with Crippen LogP contribution in [0, 0.1) is 6.92 Å². The topological polar surface area (TPSA) is 82.7 Å². The van der Waals surface area contributed by atoms with Crippen molar-refractivity contribution in [1.82, 2.24) is 10.2 Å². The quantitative estimate of drug-likeness (QED) is 0.740. The van der Waals surface area contributed by atoms with Gasteiger partial charge in [0.1, 0.15) is 0 Å². The molecule has 3 amide bonds. The van der Waals surface area contributed by atoms with Crippen LogP contribution < -0.4 is 16.0 Å². The summed E-state index contributed by atoms with van der Waals surface area (Å²) in [7, 11) is 0. The molecule has 1 aliphatic heterocycles. The van der Waals surface area contributed by atoms with Crippen LogP contribution in [0.2, 0.25) is 0 Å². The predicted molar refractivity (Wildman–Crippen MR) is 106 cm³/mol. The maximum absolute atomic E-state index is 12.7. The van der Waals surface area contributed by atoms with Gasteiger partial charge in [0.15, 0.2) is 0 Å². The maximum atomic E-state index is 12.7. The van der Waals surface area contributed by atoms with E-state index in [0.717, 1.165) is 64.1 Å². The summed E-state index contributed by atoms with van der Waals surface area (Å²) in [6, 6.07) is 5.32. The zero-order chi connectivity index (χ0) is 19.3. The molecule has 1 heterocycles. The van der Waals surface area contributed by atoms with Gasteiger partial charge < -0.3 is 20.7 Å². The van der Waals surface area contributed by atoms with Crippen LogP contribution in [0.25, 0.3) is 0 Å². The lowest BCUT2D eigenvalue weighted by Crippen LogP contribution is -2.56.